The molecule has 0 aromatic carbocycles. The Labute approximate surface area is 128 Å². The van der Waals surface area contributed by atoms with Crippen LogP contribution in [0.1, 0.15) is 5.56 Å². The lowest BCUT2D eigenvalue weighted by atomic mass is 10.2. The fourth-order valence-corrected chi connectivity index (χ4v) is 2.69. The van der Waals surface area contributed by atoms with Crippen molar-refractivity contribution in [2.45, 2.75) is 6.92 Å². The van der Waals surface area contributed by atoms with Crippen molar-refractivity contribution in [2.75, 3.05) is 12.4 Å². The lowest BCUT2D eigenvalue weighted by Crippen LogP contribution is -1.99. The van der Waals surface area contributed by atoms with E-state index in [-0.39, 0.29) is 5.82 Å². The van der Waals surface area contributed by atoms with Gasteiger partial charge < -0.3 is 5.32 Å². The van der Waals surface area contributed by atoms with E-state index in [1.165, 1.54) is 6.20 Å². The molecule has 0 unspecified atom stereocenters. The van der Waals surface area contributed by atoms with Gasteiger partial charge in [-0.15, -0.1) is 0 Å². The molecule has 0 atom stereocenters. The molecular formula is C13H11FIN5. The lowest BCUT2D eigenvalue weighted by Gasteiger charge is -2.03. The molecule has 0 saturated carbocycles. The molecular weight excluding hydrogens is 372 g/mol. The quantitative estimate of drug-likeness (QED) is 0.691. The second-order valence-corrected chi connectivity index (χ2v) is 5.42. The summed E-state index contributed by atoms with van der Waals surface area (Å²) in [6.45, 7) is 1.98. The maximum Gasteiger partial charge on any atom is 0.183 e. The van der Waals surface area contributed by atoms with Crippen LogP contribution in [0.2, 0.25) is 0 Å². The first-order valence-electron chi connectivity index (χ1n) is 5.94. The Hall–Kier alpha value is -1.77. The van der Waals surface area contributed by atoms with Gasteiger partial charge in [-0.25, -0.2) is 19.3 Å². The van der Waals surface area contributed by atoms with Crippen molar-refractivity contribution in [3.8, 4) is 11.4 Å². The largest absolute Gasteiger partial charge is 0.371 e. The summed E-state index contributed by atoms with van der Waals surface area (Å²) in [5.41, 5.74) is 2.73. The number of pyridine rings is 1. The molecule has 0 amide bonds. The minimum absolute atomic E-state index is 0.185. The van der Waals surface area contributed by atoms with Crippen molar-refractivity contribution >= 4 is 39.7 Å². The zero-order chi connectivity index (χ0) is 14.3. The average molecular weight is 383 g/mol. The van der Waals surface area contributed by atoms with Crippen molar-refractivity contribution in [1.29, 1.82) is 0 Å². The van der Waals surface area contributed by atoms with Crippen LogP contribution in [0.4, 0.5) is 10.2 Å². The van der Waals surface area contributed by atoms with Crippen LogP contribution in [-0.2, 0) is 0 Å². The van der Waals surface area contributed by atoms with Gasteiger partial charge in [0.05, 0.1) is 29.1 Å². The number of rotatable bonds is 2. The highest BCUT2D eigenvalue weighted by molar-refractivity contribution is 14.1. The van der Waals surface area contributed by atoms with Gasteiger partial charge in [-0.1, -0.05) is 0 Å². The van der Waals surface area contributed by atoms with Crippen molar-refractivity contribution in [3.63, 3.8) is 0 Å². The molecule has 7 heteroatoms. The Morgan fingerprint density at radius 2 is 2.10 bits per heavy atom. The SMILES string of the molecule is CNc1nc(-c2cn(I)c3ncc(C)cc23)ncc1F. The monoisotopic (exact) mass is 383 g/mol. The van der Waals surface area contributed by atoms with E-state index in [9.17, 15) is 4.39 Å². The molecule has 0 spiro atoms. The molecule has 0 aliphatic carbocycles. The lowest BCUT2D eigenvalue weighted by molar-refractivity contribution is 0.619. The van der Waals surface area contributed by atoms with E-state index in [0.717, 1.165) is 22.2 Å². The number of nitrogens with one attached hydrogen (secondary N) is 1. The fourth-order valence-electron chi connectivity index (χ4n) is 2.02. The number of fused-ring (bicyclic) bond motifs is 1. The summed E-state index contributed by atoms with van der Waals surface area (Å²) in [5.74, 6) is 0.192. The first-order chi connectivity index (χ1) is 9.60. The smallest absolute Gasteiger partial charge is 0.183 e. The van der Waals surface area contributed by atoms with E-state index in [0.29, 0.717) is 5.82 Å². The molecule has 3 aromatic heterocycles. The van der Waals surface area contributed by atoms with Gasteiger partial charge in [-0.2, -0.15) is 0 Å². The van der Waals surface area contributed by atoms with Crippen molar-refractivity contribution in [2.24, 2.45) is 0 Å². The molecule has 0 aliphatic heterocycles. The van der Waals surface area contributed by atoms with Crippen LogP contribution in [-0.4, -0.2) is 24.8 Å². The zero-order valence-corrected chi connectivity index (χ0v) is 13.0. The Bertz CT molecular complexity index is 799. The second kappa shape index (κ2) is 4.97. The van der Waals surface area contributed by atoms with Gasteiger partial charge in [-0.3, -0.25) is 2.78 Å². The summed E-state index contributed by atoms with van der Waals surface area (Å²) >= 11 is 2.15. The second-order valence-electron chi connectivity index (χ2n) is 4.38. The predicted octanol–water partition coefficient (Wildman–Crippen LogP) is 3.18. The Balaban J connectivity index is 2.26. The van der Waals surface area contributed by atoms with Crippen molar-refractivity contribution in [1.82, 2.24) is 17.7 Å². The van der Waals surface area contributed by atoms with Gasteiger partial charge in [-0.05, 0) is 18.6 Å². The number of anilines is 1. The molecule has 0 radical (unpaired) electrons. The number of nitrogens with zero attached hydrogens (tertiary/aromatic N) is 4. The molecule has 102 valence electrons. The van der Waals surface area contributed by atoms with Crippen LogP contribution < -0.4 is 5.32 Å². The van der Waals surface area contributed by atoms with E-state index in [2.05, 4.69) is 43.1 Å². The maximum atomic E-state index is 13.5. The van der Waals surface area contributed by atoms with Crippen LogP contribution in [0.25, 0.3) is 22.4 Å². The van der Waals surface area contributed by atoms with Crippen molar-refractivity contribution in [3.05, 3.63) is 36.0 Å². The first-order valence-corrected chi connectivity index (χ1v) is 6.91. The van der Waals surface area contributed by atoms with Gasteiger partial charge in [0.15, 0.2) is 17.5 Å². The molecule has 20 heavy (non-hydrogen) atoms. The molecule has 5 nitrogen and oxygen atoms in total. The third kappa shape index (κ3) is 2.11. The van der Waals surface area contributed by atoms with Crippen LogP contribution in [0.3, 0.4) is 0 Å². The first kappa shape index (κ1) is 13.2. The molecule has 3 heterocycles. The summed E-state index contributed by atoms with van der Waals surface area (Å²) in [6, 6.07) is 2.03. The van der Waals surface area contributed by atoms with Gasteiger partial charge in [0.1, 0.15) is 5.65 Å². The van der Waals surface area contributed by atoms with E-state index < -0.39 is 5.82 Å². The standard InChI is InChI=1S/C13H11FIN5/c1-7-3-8-9(6-20(15)13(8)18-4-7)11-17-5-10(14)12(16-2)19-11/h3-6H,1-2H3,(H,16,17,19). The van der Waals surface area contributed by atoms with Crippen LogP contribution >= 0.6 is 22.9 Å². The molecule has 3 rings (SSSR count). The molecule has 0 saturated heterocycles. The number of hydrogen-bond acceptors (Lipinski definition) is 4. The molecule has 3 aromatic rings. The van der Waals surface area contributed by atoms with Crippen molar-refractivity contribution < 1.29 is 4.39 Å². The Kier molecular flexibility index (Phi) is 3.28. The highest BCUT2D eigenvalue weighted by atomic mass is 127. The summed E-state index contributed by atoms with van der Waals surface area (Å²) in [6.07, 6.45) is 4.88. The third-order valence-corrected chi connectivity index (χ3v) is 3.70. The number of aryl methyl sites for hydroxylation is 1. The highest BCUT2D eigenvalue weighted by Crippen LogP contribution is 2.30. The molecule has 0 aliphatic rings. The Morgan fingerprint density at radius 3 is 2.85 bits per heavy atom. The summed E-state index contributed by atoms with van der Waals surface area (Å²) < 4.78 is 15.3. The predicted molar refractivity (Wildman–Crippen MR) is 84.4 cm³/mol. The maximum absolute atomic E-state index is 13.5. The van der Waals surface area contributed by atoms with Gasteiger partial charge in [0.2, 0.25) is 0 Å². The van der Waals surface area contributed by atoms with Crippen LogP contribution in [0.15, 0.2) is 24.7 Å². The topological polar surface area (TPSA) is 55.6 Å². The van der Waals surface area contributed by atoms with E-state index in [4.69, 9.17) is 0 Å². The summed E-state index contributed by atoms with van der Waals surface area (Å²) in [5, 5.41) is 3.67. The summed E-state index contributed by atoms with van der Waals surface area (Å²) in [4.78, 5) is 12.7. The van der Waals surface area contributed by atoms with Gasteiger partial charge in [0, 0.05) is 30.4 Å². The highest BCUT2D eigenvalue weighted by Gasteiger charge is 2.14. The molecule has 1 N–H and O–H groups in total. The average Bonchev–Trinajstić information content (AvgIpc) is 2.76. The van der Waals surface area contributed by atoms with E-state index in [1.807, 2.05) is 28.2 Å². The van der Waals surface area contributed by atoms with Gasteiger partial charge >= 0.3 is 0 Å². The normalized spacial score (nSPS) is 11.0. The Morgan fingerprint density at radius 1 is 1.30 bits per heavy atom. The molecule has 0 fully saturated rings. The minimum Gasteiger partial charge on any atom is -0.371 e. The number of aromatic nitrogens is 4. The van der Waals surface area contributed by atoms with Crippen LogP contribution in [0.5, 0.6) is 0 Å². The minimum atomic E-state index is -0.469. The van der Waals surface area contributed by atoms with E-state index >= 15 is 0 Å². The number of halogens is 2. The number of hydrogen-bond donors (Lipinski definition) is 1. The molecule has 0 bridgehead atoms. The zero-order valence-electron chi connectivity index (χ0n) is 10.9. The van der Waals surface area contributed by atoms with Crippen LogP contribution in [0, 0.1) is 12.7 Å². The third-order valence-electron chi connectivity index (χ3n) is 2.96. The fraction of sp³-hybridized carbons (Fsp3) is 0.154. The van der Waals surface area contributed by atoms with E-state index in [1.54, 1.807) is 7.05 Å². The van der Waals surface area contributed by atoms with Gasteiger partial charge in [0.25, 0.3) is 0 Å². The summed E-state index contributed by atoms with van der Waals surface area (Å²) in [7, 11) is 1.63.